The van der Waals surface area contributed by atoms with Crippen LogP contribution in [0.4, 0.5) is 5.69 Å². The number of anilines is 1. The SMILES string of the molecule is CCOc1ccccc1NC(=O)C=Cc1ccccc1Cl. The molecule has 0 radical (unpaired) electrons. The lowest BCUT2D eigenvalue weighted by Crippen LogP contribution is -2.09. The van der Waals surface area contributed by atoms with Crippen molar-refractivity contribution in [2.75, 3.05) is 11.9 Å². The smallest absolute Gasteiger partial charge is 0.248 e. The van der Waals surface area contributed by atoms with Gasteiger partial charge in [0.2, 0.25) is 5.91 Å². The Bertz CT molecular complexity index is 653. The van der Waals surface area contributed by atoms with E-state index in [0.717, 1.165) is 5.56 Å². The van der Waals surface area contributed by atoms with Crippen LogP contribution in [0, 0.1) is 0 Å². The van der Waals surface area contributed by atoms with Crippen molar-refractivity contribution < 1.29 is 9.53 Å². The van der Waals surface area contributed by atoms with E-state index in [1.54, 1.807) is 18.2 Å². The Hall–Kier alpha value is -2.26. The van der Waals surface area contributed by atoms with Crippen molar-refractivity contribution in [3.63, 3.8) is 0 Å². The largest absolute Gasteiger partial charge is 0.492 e. The van der Waals surface area contributed by atoms with Crippen LogP contribution in [0.25, 0.3) is 6.08 Å². The zero-order valence-corrected chi connectivity index (χ0v) is 12.4. The molecule has 0 unspecified atom stereocenters. The summed E-state index contributed by atoms with van der Waals surface area (Å²) in [6, 6.07) is 14.7. The van der Waals surface area contributed by atoms with E-state index in [2.05, 4.69) is 5.32 Å². The van der Waals surface area contributed by atoms with Crippen LogP contribution < -0.4 is 10.1 Å². The maximum Gasteiger partial charge on any atom is 0.248 e. The molecular weight excluding hydrogens is 286 g/mol. The molecule has 2 rings (SSSR count). The van der Waals surface area contributed by atoms with E-state index < -0.39 is 0 Å². The van der Waals surface area contributed by atoms with Crippen LogP contribution in [0.15, 0.2) is 54.6 Å². The van der Waals surface area contributed by atoms with E-state index in [-0.39, 0.29) is 5.91 Å². The lowest BCUT2D eigenvalue weighted by molar-refractivity contribution is -0.111. The molecule has 21 heavy (non-hydrogen) atoms. The lowest BCUT2D eigenvalue weighted by atomic mass is 10.2. The molecule has 0 aliphatic rings. The van der Waals surface area contributed by atoms with Crippen molar-refractivity contribution in [1.29, 1.82) is 0 Å². The summed E-state index contributed by atoms with van der Waals surface area (Å²) in [6.07, 6.45) is 3.13. The van der Waals surface area contributed by atoms with Crippen LogP contribution in [-0.2, 0) is 4.79 Å². The first-order chi connectivity index (χ1) is 10.2. The van der Waals surface area contributed by atoms with Gasteiger partial charge in [0.1, 0.15) is 5.75 Å². The third kappa shape index (κ3) is 4.36. The molecule has 0 aliphatic heterocycles. The number of benzene rings is 2. The summed E-state index contributed by atoms with van der Waals surface area (Å²) in [6.45, 7) is 2.44. The van der Waals surface area contributed by atoms with Gasteiger partial charge in [0.15, 0.2) is 0 Å². The summed E-state index contributed by atoms with van der Waals surface area (Å²) in [5, 5.41) is 3.40. The van der Waals surface area contributed by atoms with Crippen molar-refractivity contribution in [3.05, 3.63) is 65.2 Å². The summed E-state index contributed by atoms with van der Waals surface area (Å²) >= 11 is 6.03. The highest BCUT2D eigenvalue weighted by Crippen LogP contribution is 2.23. The Balaban J connectivity index is 2.07. The Morgan fingerprint density at radius 2 is 1.90 bits per heavy atom. The topological polar surface area (TPSA) is 38.3 Å². The van der Waals surface area contributed by atoms with Gasteiger partial charge in [-0.1, -0.05) is 41.9 Å². The zero-order chi connectivity index (χ0) is 15.1. The van der Waals surface area contributed by atoms with E-state index in [1.165, 1.54) is 6.08 Å². The molecule has 0 atom stereocenters. The number of carbonyl (C=O) groups excluding carboxylic acids is 1. The van der Waals surface area contributed by atoms with Gasteiger partial charge in [-0.15, -0.1) is 0 Å². The molecule has 0 saturated carbocycles. The summed E-state index contributed by atoms with van der Waals surface area (Å²) in [7, 11) is 0. The van der Waals surface area contributed by atoms with E-state index in [0.29, 0.717) is 23.1 Å². The number of halogens is 1. The van der Waals surface area contributed by atoms with Crippen molar-refractivity contribution in [2.45, 2.75) is 6.92 Å². The molecular formula is C17H16ClNO2. The fourth-order valence-corrected chi connectivity index (χ4v) is 2.00. The van der Waals surface area contributed by atoms with Crippen LogP contribution in [-0.4, -0.2) is 12.5 Å². The van der Waals surface area contributed by atoms with Crippen LogP contribution in [0.3, 0.4) is 0 Å². The van der Waals surface area contributed by atoms with E-state index in [4.69, 9.17) is 16.3 Å². The fourth-order valence-electron chi connectivity index (χ4n) is 1.80. The summed E-state index contributed by atoms with van der Waals surface area (Å²) < 4.78 is 5.46. The molecule has 4 heteroatoms. The van der Waals surface area contributed by atoms with Gasteiger partial charge in [0.25, 0.3) is 0 Å². The Morgan fingerprint density at radius 3 is 2.67 bits per heavy atom. The number of hydrogen-bond donors (Lipinski definition) is 1. The minimum Gasteiger partial charge on any atom is -0.492 e. The fraction of sp³-hybridized carbons (Fsp3) is 0.118. The zero-order valence-electron chi connectivity index (χ0n) is 11.7. The molecule has 108 valence electrons. The number of amides is 1. The highest BCUT2D eigenvalue weighted by atomic mass is 35.5. The second-order valence-electron chi connectivity index (χ2n) is 4.27. The van der Waals surface area contributed by atoms with Crippen LogP contribution >= 0.6 is 11.6 Å². The maximum atomic E-state index is 12.0. The van der Waals surface area contributed by atoms with Crippen LogP contribution in [0.1, 0.15) is 12.5 Å². The number of para-hydroxylation sites is 2. The predicted molar refractivity (Wildman–Crippen MR) is 86.7 cm³/mol. The molecule has 0 bridgehead atoms. The van der Waals surface area contributed by atoms with Gasteiger partial charge in [-0.25, -0.2) is 0 Å². The molecule has 1 amide bonds. The Morgan fingerprint density at radius 1 is 1.19 bits per heavy atom. The number of nitrogens with one attached hydrogen (secondary N) is 1. The average Bonchev–Trinajstić information content (AvgIpc) is 2.49. The van der Waals surface area contributed by atoms with E-state index in [1.807, 2.05) is 43.3 Å². The molecule has 0 heterocycles. The normalized spacial score (nSPS) is 10.6. The maximum absolute atomic E-state index is 12.0. The molecule has 0 aliphatic carbocycles. The highest BCUT2D eigenvalue weighted by Gasteiger charge is 2.04. The monoisotopic (exact) mass is 301 g/mol. The van der Waals surface area contributed by atoms with E-state index in [9.17, 15) is 4.79 Å². The molecule has 0 aromatic heterocycles. The minimum absolute atomic E-state index is 0.234. The third-order valence-corrected chi connectivity index (χ3v) is 3.11. The molecule has 2 aromatic rings. The van der Waals surface area contributed by atoms with Crippen molar-refractivity contribution in [1.82, 2.24) is 0 Å². The second kappa shape index (κ2) is 7.50. The number of rotatable bonds is 5. The number of ether oxygens (including phenoxy) is 1. The van der Waals surface area contributed by atoms with Gasteiger partial charge in [0.05, 0.1) is 12.3 Å². The second-order valence-corrected chi connectivity index (χ2v) is 4.68. The van der Waals surface area contributed by atoms with Crippen molar-refractivity contribution in [2.24, 2.45) is 0 Å². The standard InChI is InChI=1S/C17H16ClNO2/c1-2-21-16-10-6-5-9-15(16)19-17(20)12-11-13-7-3-4-8-14(13)18/h3-12H,2H2,1H3,(H,19,20). The van der Waals surface area contributed by atoms with Gasteiger partial charge in [-0.05, 0) is 36.8 Å². The minimum atomic E-state index is -0.234. The van der Waals surface area contributed by atoms with Gasteiger partial charge in [-0.3, -0.25) is 4.79 Å². The molecule has 3 nitrogen and oxygen atoms in total. The van der Waals surface area contributed by atoms with E-state index >= 15 is 0 Å². The predicted octanol–water partition coefficient (Wildman–Crippen LogP) is 4.39. The quantitative estimate of drug-likeness (QED) is 0.832. The number of carbonyl (C=O) groups is 1. The molecule has 0 saturated heterocycles. The third-order valence-electron chi connectivity index (χ3n) is 2.76. The van der Waals surface area contributed by atoms with Crippen molar-refractivity contribution >= 4 is 29.3 Å². The van der Waals surface area contributed by atoms with Gasteiger partial charge >= 0.3 is 0 Å². The van der Waals surface area contributed by atoms with Gasteiger partial charge in [-0.2, -0.15) is 0 Å². The molecule has 1 N–H and O–H groups in total. The summed E-state index contributed by atoms with van der Waals surface area (Å²) in [4.78, 5) is 12.0. The van der Waals surface area contributed by atoms with Crippen LogP contribution in [0.2, 0.25) is 5.02 Å². The first kappa shape index (κ1) is 15.1. The number of hydrogen-bond acceptors (Lipinski definition) is 2. The average molecular weight is 302 g/mol. The first-order valence-electron chi connectivity index (χ1n) is 6.66. The lowest BCUT2D eigenvalue weighted by Gasteiger charge is -2.09. The molecule has 0 spiro atoms. The van der Waals surface area contributed by atoms with Gasteiger partial charge in [0, 0.05) is 11.1 Å². The summed E-state index contributed by atoms with van der Waals surface area (Å²) in [5.74, 6) is 0.418. The first-order valence-corrected chi connectivity index (χ1v) is 7.04. The molecule has 0 fully saturated rings. The highest BCUT2D eigenvalue weighted by molar-refractivity contribution is 6.32. The molecule has 2 aromatic carbocycles. The Labute approximate surface area is 129 Å². The summed E-state index contributed by atoms with van der Waals surface area (Å²) in [5.41, 5.74) is 1.44. The van der Waals surface area contributed by atoms with Crippen LogP contribution in [0.5, 0.6) is 5.75 Å². The Kier molecular flexibility index (Phi) is 5.41. The van der Waals surface area contributed by atoms with Crippen molar-refractivity contribution in [3.8, 4) is 5.75 Å². The van der Waals surface area contributed by atoms with Gasteiger partial charge < -0.3 is 10.1 Å².